The third-order valence-electron chi connectivity index (χ3n) is 3.29. The average Bonchev–Trinajstić information content (AvgIpc) is 2.60. The Morgan fingerprint density at radius 1 is 1.08 bits per heavy atom. The van der Waals surface area contributed by atoms with Crippen molar-refractivity contribution < 1.29 is 24.2 Å². The molecule has 26 heavy (non-hydrogen) atoms. The first kappa shape index (κ1) is 21.4. The highest BCUT2D eigenvalue weighted by Gasteiger charge is 2.20. The van der Waals surface area contributed by atoms with Gasteiger partial charge in [-0.25, -0.2) is 9.59 Å². The Labute approximate surface area is 191 Å². The number of carboxylic acids is 1. The summed E-state index contributed by atoms with van der Waals surface area (Å²) in [6.45, 7) is 3.85. The van der Waals surface area contributed by atoms with Gasteiger partial charge in [-0.3, -0.25) is 0 Å². The van der Waals surface area contributed by atoms with Gasteiger partial charge in [0.1, 0.15) is 19.0 Å². The Morgan fingerprint density at radius 2 is 1.73 bits per heavy atom. The maximum atomic E-state index is 12.0. The Bertz CT molecular complexity index is 847. The number of hydrogen-bond acceptors (Lipinski definition) is 4. The van der Waals surface area contributed by atoms with E-state index in [1.807, 2.05) is 45.2 Å². The predicted octanol–water partition coefficient (Wildman–Crippen LogP) is 5.08. The van der Waals surface area contributed by atoms with Crippen molar-refractivity contribution in [1.29, 1.82) is 0 Å². The van der Waals surface area contributed by atoms with Gasteiger partial charge < -0.3 is 14.6 Å². The number of benzene rings is 2. The summed E-state index contributed by atoms with van der Waals surface area (Å²) in [5, 5.41) is 9.33. The van der Waals surface area contributed by atoms with Gasteiger partial charge in [-0.05, 0) is 91.5 Å². The van der Waals surface area contributed by atoms with E-state index in [4.69, 9.17) is 9.47 Å². The molecule has 0 bridgehead atoms. The van der Waals surface area contributed by atoms with Crippen molar-refractivity contribution in [2.45, 2.75) is 0 Å². The number of esters is 1. The van der Waals surface area contributed by atoms with Gasteiger partial charge in [-0.15, -0.1) is 0 Å². The van der Waals surface area contributed by atoms with E-state index in [2.05, 4.69) is 29.2 Å². The molecule has 0 fully saturated rings. The van der Waals surface area contributed by atoms with E-state index < -0.39 is 11.9 Å². The molecule has 0 aromatic heterocycles. The van der Waals surface area contributed by atoms with Gasteiger partial charge in [0.05, 0.1) is 18.3 Å². The number of carbonyl (C=O) groups is 2. The third-order valence-corrected chi connectivity index (χ3v) is 5.97. The Balaban J connectivity index is 1.97. The van der Waals surface area contributed by atoms with Gasteiger partial charge in [-0.2, -0.15) is 0 Å². The van der Waals surface area contributed by atoms with Crippen LogP contribution in [-0.2, 0) is 4.74 Å². The summed E-state index contributed by atoms with van der Waals surface area (Å²) >= 11 is 6.03. The number of hydrogen-bond donors (Lipinski definition) is 1. The SMILES string of the molecule is C=Cc1ccc(C(=O)OCCOc2c(I)cc(I)c(C(=O)O)c2I)cc1. The molecule has 0 spiro atoms. The number of carbonyl (C=O) groups excluding carboxylic acids is 1. The van der Waals surface area contributed by atoms with E-state index in [1.165, 1.54) is 0 Å². The quantitative estimate of drug-likeness (QED) is 0.250. The van der Waals surface area contributed by atoms with Gasteiger partial charge in [0.25, 0.3) is 0 Å². The Kier molecular flexibility index (Phi) is 8.13. The van der Waals surface area contributed by atoms with Crippen molar-refractivity contribution in [2.24, 2.45) is 0 Å². The Hall–Kier alpha value is -0.890. The first-order chi connectivity index (χ1) is 12.3. The van der Waals surface area contributed by atoms with Crippen molar-refractivity contribution >= 4 is 85.8 Å². The fourth-order valence-corrected chi connectivity index (χ4v) is 6.16. The molecule has 5 nitrogen and oxygen atoms in total. The van der Waals surface area contributed by atoms with Crippen molar-refractivity contribution in [1.82, 2.24) is 0 Å². The maximum Gasteiger partial charge on any atom is 0.338 e. The van der Waals surface area contributed by atoms with Crippen LogP contribution in [0.5, 0.6) is 5.75 Å². The molecule has 0 amide bonds. The molecule has 0 unspecified atom stereocenters. The molecular formula is C18H13I3O5. The highest BCUT2D eigenvalue weighted by Crippen LogP contribution is 2.33. The molecule has 0 radical (unpaired) electrons. The van der Waals surface area contributed by atoms with Crippen molar-refractivity contribution in [3.05, 3.63) is 64.3 Å². The van der Waals surface area contributed by atoms with Crippen molar-refractivity contribution in [3.8, 4) is 5.75 Å². The van der Waals surface area contributed by atoms with E-state index in [-0.39, 0.29) is 18.8 Å². The molecule has 0 aliphatic heterocycles. The Morgan fingerprint density at radius 3 is 2.31 bits per heavy atom. The van der Waals surface area contributed by atoms with Gasteiger partial charge in [0.2, 0.25) is 0 Å². The molecule has 0 heterocycles. The molecule has 2 aromatic rings. The third kappa shape index (κ3) is 5.31. The van der Waals surface area contributed by atoms with Crippen molar-refractivity contribution in [2.75, 3.05) is 13.2 Å². The highest BCUT2D eigenvalue weighted by atomic mass is 127. The lowest BCUT2D eigenvalue weighted by molar-refractivity contribution is 0.0449. The lowest BCUT2D eigenvalue weighted by Crippen LogP contribution is -2.14. The molecule has 8 heteroatoms. The minimum absolute atomic E-state index is 0.0581. The molecular weight excluding hydrogens is 677 g/mol. The van der Waals surface area contributed by atoms with Gasteiger partial charge in [0.15, 0.2) is 0 Å². The fourth-order valence-electron chi connectivity index (χ4n) is 2.02. The molecule has 0 aliphatic rings. The summed E-state index contributed by atoms with van der Waals surface area (Å²) in [5.41, 5.74) is 1.57. The lowest BCUT2D eigenvalue weighted by atomic mass is 10.1. The van der Waals surface area contributed by atoms with E-state index in [9.17, 15) is 14.7 Å². The number of aromatic carboxylic acids is 1. The molecule has 0 saturated heterocycles. The van der Waals surface area contributed by atoms with Crippen LogP contribution in [0.15, 0.2) is 36.9 Å². The molecule has 1 N–H and O–H groups in total. The number of ether oxygens (including phenoxy) is 2. The van der Waals surface area contributed by atoms with E-state index in [0.29, 0.717) is 18.5 Å². The smallest absolute Gasteiger partial charge is 0.338 e. The fraction of sp³-hybridized carbons (Fsp3) is 0.111. The number of carboxylic acid groups (broad SMARTS) is 1. The minimum atomic E-state index is -1.01. The number of rotatable bonds is 7. The van der Waals surface area contributed by atoms with E-state index in [0.717, 1.165) is 9.13 Å². The summed E-state index contributed by atoms with van der Waals surface area (Å²) < 4.78 is 12.8. The second-order valence-corrected chi connectivity index (χ2v) is 8.38. The van der Waals surface area contributed by atoms with Crippen LogP contribution in [0.3, 0.4) is 0 Å². The minimum Gasteiger partial charge on any atom is -0.488 e. The first-order valence-electron chi connectivity index (χ1n) is 7.28. The topological polar surface area (TPSA) is 72.8 Å². The van der Waals surface area contributed by atoms with Crippen LogP contribution < -0.4 is 4.74 Å². The second kappa shape index (κ2) is 9.88. The van der Waals surface area contributed by atoms with E-state index >= 15 is 0 Å². The maximum absolute atomic E-state index is 12.0. The summed E-state index contributed by atoms with van der Waals surface area (Å²) in [6, 6.07) is 8.65. The lowest BCUT2D eigenvalue weighted by Gasteiger charge is -2.13. The average molecular weight is 690 g/mol. The number of halogens is 3. The first-order valence-corrected chi connectivity index (χ1v) is 10.5. The van der Waals surface area contributed by atoms with Crippen LogP contribution >= 0.6 is 67.8 Å². The van der Waals surface area contributed by atoms with E-state index in [1.54, 1.807) is 36.4 Å². The normalized spacial score (nSPS) is 10.3. The van der Waals surface area contributed by atoms with Crippen molar-refractivity contribution in [3.63, 3.8) is 0 Å². The molecule has 0 saturated carbocycles. The second-order valence-electron chi connectivity index (χ2n) is 4.97. The largest absolute Gasteiger partial charge is 0.488 e. The monoisotopic (exact) mass is 690 g/mol. The zero-order valence-corrected chi connectivity index (χ0v) is 19.8. The highest BCUT2D eigenvalue weighted by molar-refractivity contribution is 14.1. The van der Waals surface area contributed by atoms with Crippen LogP contribution in [-0.4, -0.2) is 30.3 Å². The molecule has 2 aromatic carbocycles. The van der Waals surface area contributed by atoms with Crippen LogP contribution in [0.2, 0.25) is 0 Å². The van der Waals surface area contributed by atoms with Crippen LogP contribution in [0.4, 0.5) is 0 Å². The van der Waals surface area contributed by atoms with Gasteiger partial charge in [-0.1, -0.05) is 24.8 Å². The van der Waals surface area contributed by atoms with Crippen LogP contribution in [0, 0.1) is 10.7 Å². The molecule has 136 valence electrons. The van der Waals surface area contributed by atoms with Crippen LogP contribution in [0.1, 0.15) is 26.3 Å². The molecule has 0 atom stereocenters. The summed E-state index contributed by atoms with van der Waals surface area (Å²) in [7, 11) is 0. The molecule has 0 aliphatic carbocycles. The summed E-state index contributed by atoms with van der Waals surface area (Å²) in [6.07, 6.45) is 1.69. The van der Waals surface area contributed by atoms with Gasteiger partial charge >= 0.3 is 11.9 Å². The standard InChI is InChI=1S/C18H13I3O5/c1-2-10-3-5-11(6-4-10)18(24)26-8-7-25-16-13(20)9-12(19)14(15(16)21)17(22)23/h2-6,9H,1,7-8H2,(H,22,23). The van der Waals surface area contributed by atoms with Gasteiger partial charge in [0, 0.05) is 3.57 Å². The zero-order chi connectivity index (χ0) is 19.3. The summed E-state index contributed by atoms with van der Waals surface area (Å²) in [4.78, 5) is 23.4. The molecule has 2 rings (SSSR count). The predicted molar refractivity (Wildman–Crippen MR) is 124 cm³/mol. The van der Waals surface area contributed by atoms with Crippen LogP contribution in [0.25, 0.3) is 6.08 Å². The zero-order valence-electron chi connectivity index (χ0n) is 13.3. The summed E-state index contributed by atoms with van der Waals surface area (Å²) in [5.74, 6) is -0.965.